The molecule has 1 saturated heterocycles. The molecule has 1 fully saturated rings. The molecule has 1 heterocycles. The summed E-state index contributed by atoms with van der Waals surface area (Å²) < 4.78 is 5.41. The molecule has 0 saturated carbocycles. The van der Waals surface area contributed by atoms with Crippen molar-refractivity contribution in [3.8, 4) is 5.75 Å². The molecular weight excluding hydrogens is 298 g/mol. The molecular formula is C17H19NO3S. The van der Waals surface area contributed by atoms with Gasteiger partial charge in [-0.3, -0.25) is 14.5 Å². The first-order valence-electron chi connectivity index (χ1n) is 7.25. The van der Waals surface area contributed by atoms with E-state index >= 15 is 0 Å². The quantitative estimate of drug-likeness (QED) is 0.561. The van der Waals surface area contributed by atoms with Crippen molar-refractivity contribution in [2.75, 3.05) is 13.2 Å². The summed E-state index contributed by atoms with van der Waals surface area (Å²) in [7, 11) is 0. The summed E-state index contributed by atoms with van der Waals surface area (Å²) >= 11 is 0.999. The molecule has 0 spiro atoms. The van der Waals surface area contributed by atoms with Gasteiger partial charge in [0.2, 0.25) is 0 Å². The van der Waals surface area contributed by atoms with Crippen molar-refractivity contribution >= 4 is 29.0 Å². The summed E-state index contributed by atoms with van der Waals surface area (Å²) in [6.07, 6.45) is 5.21. The lowest BCUT2D eigenvalue weighted by molar-refractivity contribution is -0.122. The van der Waals surface area contributed by atoms with Gasteiger partial charge >= 0.3 is 0 Å². The number of rotatable bonds is 7. The van der Waals surface area contributed by atoms with Crippen LogP contribution < -0.4 is 4.74 Å². The van der Waals surface area contributed by atoms with Crippen molar-refractivity contribution in [2.45, 2.75) is 19.8 Å². The van der Waals surface area contributed by atoms with Gasteiger partial charge in [-0.05, 0) is 42.0 Å². The summed E-state index contributed by atoms with van der Waals surface area (Å²) in [5.74, 6) is 0.545. The van der Waals surface area contributed by atoms with E-state index in [2.05, 4.69) is 6.58 Å². The Hall–Kier alpha value is -2.01. The first-order chi connectivity index (χ1) is 10.7. The molecule has 1 aromatic carbocycles. The highest BCUT2D eigenvalue weighted by molar-refractivity contribution is 8.18. The van der Waals surface area contributed by atoms with E-state index in [0.29, 0.717) is 18.1 Å². The maximum absolute atomic E-state index is 12.2. The van der Waals surface area contributed by atoms with Crippen molar-refractivity contribution in [1.82, 2.24) is 4.90 Å². The number of imide groups is 1. The third-order valence-corrected chi connectivity index (χ3v) is 4.06. The van der Waals surface area contributed by atoms with Crippen LogP contribution in [0.25, 0.3) is 6.08 Å². The van der Waals surface area contributed by atoms with Gasteiger partial charge in [0, 0.05) is 6.54 Å². The highest BCUT2D eigenvalue weighted by atomic mass is 32.2. The summed E-state index contributed by atoms with van der Waals surface area (Å²) in [6, 6.07) is 7.38. The molecule has 1 aliphatic heterocycles. The summed E-state index contributed by atoms with van der Waals surface area (Å²) in [5.41, 5.74) is 0.868. The van der Waals surface area contributed by atoms with E-state index in [9.17, 15) is 9.59 Å². The summed E-state index contributed by atoms with van der Waals surface area (Å²) in [6.45, 7) is 6.57. The molecule has 2 amide bonds. The fourth-order valence-corrected chi connectivity index (χ4v) is 2.84. The van der Waals surface area contributed by atoms with Gasteiger partial charge < -0.3 is 4.74 Å². The Balaban J connectivity index is 2.07. The number of nitrogens with zero attached hydrogens (tertiary/aromatic N) is 1. The average molecular weight is 317 g/mol. The Morgan fingerprint density at radius 1 is 1.27 bits per heavy atom. The second-order valence-corrected chi connectivity index (χ2v) is 5.85. The SMILES string of the molecule is C=CCOc1ccc(C=C2SC(=O)N(CCCC)C2=O)cc1. The molecule has 0 unspecified atom stereocenters. The van der Waals surface area contributed by atoms with Gasteiger partial charge in [-0.25, -0.2) is 0 Å². The van der Waals surface area contributed by atoms with Gasteiger partial charge in [-0.15, -0.1) is 0 Å². The second-order valence-electron chi connectivity index (χ2n) is 4.86. The fraction of sp³-hybridized carbons (Fsp3) is 0.294. The normalized spacial score (nSPS) is 16.4. The first-order valence-corrected chi connectivity index (χ1v) is 8.06. The van der Waals surface area contributed by atoms with E-state index in [1.165, 1.54) is 4.90 Å². The molecule has 116 valence electrons. The minimum absolute atomic E-state index is 0.185. The highest BCUT2D eigenvalue weighted by Crippen LogP contribution is 2.32. The van der Waals surface area contributed by atoms with Gasteiger partial charge in [0.05, 0.1) is 4.91 Å². The van der Waals surface area contributed by atoms with E-state index in [0.717, 1.165) is 35.9 Å². The summed E-state index contributed by atoms with van der Waals surface area (Å²) in [4.78, 5) is 25.9. The van der Waals surface area contributed by atoms with Gasteiger partial charge in [0.25, 0.3) is 11.1 Å². The average Bonchev–Trinajstić information content (AvgIpc) is 2.79. The molecule has 0 bridgehead atoms. The van der Waals surface area contributed by atoms with E-state index in [4.69, 9.17) is 4.74 Å². The van der Waals surface area contributed by atoms with Crippen LogP contribution in [-0.4, -0.2) is 29.2 Å². The fourth-order valence-electron chi connectivity index (χ4n) is 1.98. The number of carbonyl (C=O) groups excluding carboxylic acids is 2. The van der Waals surface area contributed by atoms with Crippen LogP contribution in [0.15, 0.2) is 41.8 Å². The van der Waals surface area contributed by atoms with Gasteiger partial charge in [0.1, 0.15) is 12.4 Å². The van der Waals surface area contributed by atoms with Crippen LogP contribution in [0.5, 0.6) is 5.75 Å². The number of unbranched alkanes of at least 4 members (excludes halogenated alkanes) is 1. The minimum Gasteiger partial charge on any atom is -0.490 e. The molecule has 0 atom stereocenters. The number of amides is 2. The van der Waals surface area contributed by atoms with Crippen molar-refractivity contribution < 1.29 is 14.3 Å². The third-order valence-electron chi connectivity index (χ3n) is 3.15. The van der Waals surface area contributed by atoms with Crippen LogP contribution in [0.2, 0.25) is 0 Å². The standard InChI is InChI=1S/C17H19NO3S/c1-3-5-10-18-16(19)15(22-17(18)20)12-13-6-8-14(9-7-13)21-11-4-2/h4,6-9,12H,2-3,5,10-11H2,1H3. The maximum Gasteiger partial charge on any atom is 0.293 e. The maximum atomic E-state index is 12.2. The molecule has 2 rings (SSSR count). The molecule has 0 N–H and O–H groups in total. The predicted octanol–water partition coefficient (Wildman–Crippen LogP) is 4.09. The minimum atomic E-state index is -0.199. The van der Waals surface area contributed by atoms with Crippen molar-refractivity contribution in [3.05, 3.63) is 47.4 Å². The zero-order valence-electron chi connectivity index (χ0n) is 12.6. The van der Waals surface area contributed by atoms with E-state index < -0.39 is 0 Å². The van der Waals surface area contributed by atoms with E-state index in [1.54, 1.807) is 12.2 Å². The molecule has 5 heteroatoms. The number of hydrogen-bond donors (Lipinski definition) is 0. The monoisotopic (exact) mass is 317 g/mol. The van der Waals surface area contributed by atoms with E-state index in [-0.39, 0.29) is 11.1 Å². The lowest BCUT2D eigenvalue weighted by Gasteiger charge is -2.10. The molecule has 0 radical (unpaired) electrons. The Morgan fingerprint density at radius 2 is 2.00 bits per heavy atom. The van der Waals surface area contributed by atoms with Crippen LogP contribution in [0.4, 0.5) is 4.79 Å². The Bertz CT molecular complexity index is 592. The molecule has 1 aromatic rings. The zero-order chi connectivity index (χ0) is 15.9. The topological polar surface area (TPSA) is 46.6 Å². The molecule has 0 aliphatic carbocycles. The number of thioether (sulfide) groups is 1. The van der Waals surface area contributed by atoms with Gasteiger partial charge in [-0.1, -0.05) is 38.1 Å². The highest BCUT2D eigenvalue weighted by Gasteiger charge is 2.34. The number of benzene rings is 1. The number of ether oxygens (including phenoxy) is 1. The largest absolute Gasteiger partial charge is 0.490 e. The van der Waals surface area contributed by atoms with Gasteiger partial charge in [0.15, 0.2) is 0 Å². The zero-order valence-corrected chi connectivity index (χ0v) is 13.4. The van der Waals surface area contributed by atoms with E-state index in [1.807, 2.05) is 31.2 Å². The molecule has 22 heavy (non-hydrogen) atoms. The van der Waals surface area contributed by atoms with Gasteiger partial charge in [-0.2, -0.15) is 0 Å². The molecule has 4 nitrogen and oxygen atoms in total. The number of hydrogen-bond acceptors (Lipinski definition) is 4. The summed E-state index contributed by atoms with van der Waals surface area (Å²) in [5, 5.41) is -0.185. The van der Waals surface area contributed by atoms with Crippen molar-refractivity contribution in [1.29, 1.82) is 0 Å². The van der Waals surface area contributed by atoms with Crippen LogP contribution in [0.3, 0.4) is 0 Å². The molecule has 0 aromatic heterocycles. The van der Waals surface area contributed by atoms with Crippen LogP contribution in [0, 0.1) is 0 Å². The van der Waals surface area contributed by atoms with Crippen molar-refractivity contribution in [2.24, 2.45) is 0 Å². The van der Waals surface area contributed by atoms with Crippen LogP contribution >= 0.6 is 11.8 Å². The van der Waals surface area contributed by atoms with Crippen LogP contribution in [-0.2, 0) is 4.79 Å². The lowest BCUT2D eigenvalue weighted by atomic mass is 10.2. The second kappa shape index (κ2) is 7.84. The number of carbonyl (C=O) groups is 2. The third kappa shape index (κ3) is 4.01. The Morgan fingerprint density at radius 3 is 2.64 bits per heavy atom. The Labute approximate surface area is 134 Å². The molecule has 1 aliphatic rings. The smallest absolute Gasteiger partial charge is 0.293 e. The first kappa shape index (κ1) is 16.4. The lowest BCUT2D eigenvalue weighted by Crippen LogP contribution is -2.29. The van der Waals surface area contributed by atoms with Crippen LogP contribution in [0.1, 0.15) is 25.3 Å². The predicted molar refractivity (Wildman–Crippen MR) is 89.7 cm³/mol. The van der Waals surface area contributed by atoms with Crippen molar-refractivity contribution in [3.63, 3.8) is 0 Å². The Kier molecular flexibility index (Phi) is 5.83.